The van der Waals surface area contributed by atoms with Crippen molar-refractivity contribution in [1.29, 1.82) is 0 Å². The number of hydrogen-bond donors (Lipinski definition) is 1. The van der Waals surface area contributed by atoms with Gasteiger partial charge in [-0.1, -0.05) is 18.2 Å². The Morgan fingerprint density at radius 3 is 2.44 bits per heavy atom. The van der Waals surface area contributed by atoms with E-state index in [4.69, 9.17) is 4.74 Å². The lowest BCUT2D eigenvalue weighted by Crippen LogP contribution is -2.28. The third-order valence-corrected chi connectivity index (χ3v) is 3.99. The quantitative estimate of drug-likeness (QED) is 0.667. The molecule has 0 bridgehead atoms. The molecule has 0 aromatic heterocycles. The van der Waals surface area contributed by atoms with Gasteiger partial charge in [-0.25, -0.2) is 4.79 Å². The molecule has 0 radical (unpaired) electrons. The molecule has 1 atom stereocenters. The van der Waals surface area contributed by atoms with Crippen molar-refractivity contribution in [3.63, 3.8) is 0 Å². The molecule has 7 heteroatoms. The third kappa shape index (κ3) is 5.92. The second-order valence-electron chi connectivity index (χ2n) is 5.77. The third-order valence-electron chi connectivity index (χ3n) is 3.99. The van der Waals surface area contributed by atoms with Gasteiger partial charge in [-0.3, -0.25) is 0 Å². The van der Waals surface area contributed by atoms with Crippen LogP contribution in [0.4, 0.5) is 14.5 Å². The molecule has 0 fully saturated rings. The summed E-state index contributed by atoms with van der Waals surface area (Å²) in [6.07, 6.45) is -0.836. The molecule has 0 aliphatic carbocycles. The SMILES string of the molecule is CCOC(=O)c1cccc(N(CC)CC(O)c2ccc(OC(F)F)cc2)c1. The topological polar surface area (TPSA) is 59.0 Å². The van der Waals surface area contributed by atoms with Crippen molar-refractivity contribution in [2.75, 3.05) is 24.6 Å². The molecule has 0 aliphatic heterocycles. The van der Waals surface area contributed by atoms with Crippen molar-refractivity contribution in [3.05, 3.63) is 59.7 Å². The van der Waals surface area contributed by atoms with Crippen LogP contribution in [0, 0.1) is 0 Å². The second kappa shape index (κ2) is 9.87. The van der Waals surface area contributed by atoms with Crippen LogP contribution >= 0.6 is 0 Å². The molecule has 0 saturated heterocycles. The number of esters is 1. The summed E-state index contributed by atoms with van der Waals surface area (Å²) in [5, 5.41) is 10.5. The fraction of sp³-hybridized carbons (Fsp3) is 0.350. The van der Waals surface area contributed by atoms with Crippen molar-refractivity contribution < 1.29 is 28.2 Å². The Kier molecular flexibility index (Phi) is 7.55. The summed E-state index contributed by atoms with van der Waals surface area (Å²) in [6.45, 7) is 1.97. The van der Waals surface area contributed by atoms with Gasteiger partial charge in [-0.15, -0.1) is 0 Å². The standard InChI is InChI=1S/C20H23F2NO4/c1-3-23(16-7-5-6-15(12-16)19(25)26-4-2)13-18(24)14-8-10-17(11-9-14)27-20(21)22/h5-12,18,20,24H,3-4,13H2,1-2H3. The number of hydrogen-bond acceptors (Lipinski definition) is 5. The van der Waals surface area contributed by atoms with Crippen LogP contribution in [0.25, 0.3) is 0 Å². The highest BCUT2D eigenvalue weighted by Crippen LogP contribution is 2.23. The molecule has 0 saturated carbocycles. The maximum absolute atomic E-state index is 12.2. The number of aliphatic hydroxyl groups is 1. The Morgan fingerprint density at radius 2 is 1.85 bits per heavy atom. The van der Waals surface area contributed by atoms with Crippen LogP contribution in [0.5, 0.6) is 5.75 Å². The largest absolute Gasteiger partial charge is 0.462 e. The van der Waals surface area contributed by atoms with Gasteiger partial charge >= 0.3 is 12.6 Å². The summed E-state index contributed by atoms with van der Waals surface area (Å²) >= 11 is 0. The number of likely N-dealkylation sites (N-methyl/N-ethyl adjacent to an activating group) is 1. The molecular weight excluding hydrogens is 356 g/mol. The smallest absolute Gasteiger partial charge is 0.387 e. The van der Waals surface area contributed by atoms with Gasteiger partial charge in [-0.2, -0.15) is 8.78 Å². The van der Waals surface area contributed by atoms with E-state index in [0.717, 1.165) is 5.69 Å². The van der Waals surface area contributed by atoms with E-state index >= 15 is 0 Å². The summed E-state index contributed by atoms with van der Waals surface area (Å²) in [7, 11) is 0. The first-order valence-corrected chi connectivity index (χ1v) is 8.69. The monoisotopic (exact) mass is 379 g/mol. The van der Waals surface area contributed by atoms with Gasteiger partial charge < -0.3 is 19.5 Å². The molecule has 5 nitrogen and oxygen atoms in total. The van der Waals surface area contributed by atoms with Gasteiger partial charge in [0.15, 0.2) is 0 Å². The number of ether oxygens (including phenoxy) is 2. The lowest BCUT2D eigenvalue weighted by atomic mass is 10.1. The zero-order valence-corrected chi connectivity index (χ0v) is 15.3. The lowest BCUT2D eigenvalue weighted by molar-refractivity contribution is -0.0498. The molecule has 1 unspecified atom stereocenters. The number of benzene rings is 2. The maximum Gasteiger partial charge on any atom is 0.387 e. The Labute approximate surface area is 157 Å². The van der Waals surface area contributed by atoms with Crippen LogP contribution in [-0.4, -0.2) is 37.4 Å². The molecule has 1 N–H and O–H groups in total. The van der Waals surface area contributed by atoms with Crippen LogP contribution in [-0.2, 0) is 4.74 Å². The van der Waals surface area contributed by atoms with Crippen molar-refractivity contribution >= 4 is 11.7 Å². The molecule has 0 heterocycles. The van der Waals surface area contributed by atoms with E-state index in [1.54, 1.807) is 37.3 Å². The van der Waals surface area contributed by atoms with Crippen LogP contribution in [0.1, 0.15) is 35.9 Å². The minimum Gasteiger partial charge on any atom is -0.462 e. The summed E-state index contributed by atoms with van der Waals surface area (Å²) < 4.78 is 33.7. The van der Waals surface area contributed by atoms with E-state index < -0.39 is 18.7 Å². The molecule has 2 aromatic carbocycles. The molecule has 2 rings (SSSR count). The van der Waals surface area contributed by atoms with Crippen LogP contribution < -0.4 is 9.64 Å². The molecule has 146 valence electrons. The van der Waals surface area contributed by atoms with Gasteiger partial charge in [-0.05, 0) is 49.7 Å². The number of anilines is 1. The van der Waals surface area contributed by atoms with Crippen LogP contribution in [0.3, 0.4) is 0 Å². The van der Waals surface area contributed by atoms with E-state index in [-0.39, 0.29) is 12.3 Å². The second-order valence-corrected chi connectivity index (χ2v) is 5.77. The fourth-order valence-corrected chi connectivity index (χ4v) is 2.65. The van der Waals surface area contributed by atoms with Gasteiger partial charge in [0.05, 0.1) is 18.3 Å². The number of carbonyl (C=O) groups excluding carboxylic acids is 1. The normalized spacial score (nSPS) is 11.9. The van der Waals surface area contributed by atoms with Crippen LogP contribution in [0.15, 0.2) is 48.5 Å². The number of carbonyl (C=O) groups is 1. The Morgan fingerprint density at radius 1 is 1.15 bits per heavy atom. The summed E-state index contributed by atoms with van der Waals surface area (Å²) in [5.41, 5.74) is 1.80. The average Bonchev–Trinajstić information content (AvgIpc) is 2.66. The number of halogens is 2. The minimum atomic E-state index is -2.89. The lowest BCUT2D eigenvalue weighted by Gasteiger charge is -2.26. The van der Waals surface area contributed by atoms with Gasteiger partial charge in [0, 0.05) is 18.8 Å². The molecule has 27 heavy (non-hydrogen) atoms. The Hall–Kier alpha value is -2.67. The van der Waals surface area contributed by atoms with E-state index in [2.05, 4.69) is 4.74 Å². The van der Waals surface area contributed by atoms with Gasteiger partial charge in [0.25, 0.3) is 0 Å². The van der Waals surface area contributed by atoms with Crippen molar-refractivity contribution in [2.45, 2.75) is 26.6 Å². The average molecular weight is 379 g/mol. The highest BCUT2D eigenvalue weighted by Gasteiger charge is 2.15. The van der Waals surface area contributed by atoms with E-state index in [9.17, 15) is 18.7 Å². The number of alkyl halides is 2. The zero-order valence-electron chi connectivity index (χ0n) is 15.3. The molecular formula is C20H23F2NO4. The fourth-order valence-electron chi connectivity index (χ4n) is 2.65. The Bertz CT molecular complexity index is 737. The van der Waals surface area contributed by atoms with Gasteiger partial charge in [0.1, 0.15) is 5.75 Å². The summed E-state index contributed by atoms with van der Waals surface area (Å²) in [5.74, 6) is -0.360. The van der Waals surface area contributed by atoms with E-state index in [1.165, 1.54) is 12.1 Å². The van der Waals surface area contributed by atoms with E-state index in [1.807, 2.05) is 17.9 Å². The molecule has 0 amide bonds. The highest BCUT2D eigenvalue weighted by molar-refractivity contribution is 5.90. The zero-order chi connectivity index (χ0) is 19.8. The minimum absolute atomic E-state index is 0.0374. The predicted molar refractivity (Wildman–Crippen MR) is 98.3 cm³/mol. The predicted octanol–water partition coefficient (Wildman–Crippen LogP) is 4.02. The number of aliphatic hydroxyl groups excluding tert-OH is 1. The van der Waals surface area contributed by atoms with E-state index in [0.29, 0.717) is 24.3 Å². The number of nitrogens with zero attached hydrogens (tertiary/aromatic N) is 1. The molecule has 0 spiro atoms. The number of rotatable bonds is 9. The van der Waals surface area contributed by atoms with Crippen molar-refractivity contribution in [3.8, 4) is 5.75 Å². The van der Waals surface area contributed by atoms with Crippen molar-refractivity contribution in [1.82, 2.24) is 0 Å². The van der Waals surface area contributed by atoms with Gasteiger partial charge in [0.2, 0.25) is 0 Å². The molecule has 2 aromatic rings. The first-order chi connectivity index (χ1) is 12.9. The van der Waals surface area contributed by atoms with Crippen LogP contribution in [0.2, 0.25) is 0 Å². The summed E-state index contributed by atoms with van der Waals surface area (Å²) in [4.78, 5) is 13.8. The summed E-state index contributed by atoms with van der Waals surface area (Å²) in [6, 6.07) is 12.9. The molecule has 0 aliphatic rings. The maximum atomic E-state index is 12.2. The Balaban J connectivity index is 2.09. The first kappa shape index (κ1) is 20.6. The first-order valence-electron chi connectivity index (χ1n) is 8.69. The van der Waals surface area contributed by atoms with Crippen molar-refractivity contribution in [2.24, 2.45) is 0 Å². The highest BCUT2D eigenvalue weighted by atomic mass is 19.3.